The lowest BCUT2D eigenvalue weighted by Crippen LogP contribution is -2.10. The Morgan fingerprint density at radius 2 is 0.808 bits per heavy atom. The summed E-state index contributed by atoms with van der Waals surface area (Å²) in [4.78, 5) is 43.6. The lowest BCUT2D eigenvalue weighted by atomic mass is 10.1. The number of ether oxygens (including phenoxy) is 4. The highest BCUT2D eigenvalue weighted by Gasteiger charge is 2.04. The van der Waals surface area contributed by atoms with Gasteiger partial charge in [0.2, 0.25) is 13.6 Å². The minimum atomic E-state index is -0.475. The monoisotopic (exact) mass is 374 g/mol. The van der Waals surface area contributed by atoms with Gasteiger partial charge in [-0.05, 0) is 12.8 Å². The third-order valence-corrected chi connectivity index (χ3v) is 3.48. The van der Waals surface area contributed by atoms with Crippen molar-refractivity contribution in [3.63, 3.8) is 0 Å². The van der Waals surface area contributed by atoms with Gasteiger partial charge in [-0.1, -0.05) is 38.5 Å². The Balaban J connectivity index is 3.28. The molecule has 0 N–H and O–H groups in total. The van der Waals surface area contributed by atoms with E-state index in [0.717, 1.165) is 51.4 Å². The second-order valence-corrected chi connectivity index (χ2v) is 5.87. The van der Waals surface area contributed by atoms with Gasteiger partial charge in [0.05, 0.1) is 0 Å². The van der Waals surface area contributed by atoms with E-state index in [1.54, 1.807) is 0 Å². The van der Waals surface area contributed by atoms with Crippen LogP contribution in [0.1, 0.15) is 78.1 Å². The number of carbonyl (C=O) groups excluding carboxylic acids is 4. The first-order valence-corrected chi connectivity index (χ1v) is 8.99. The largest absolute Gasteiger partial charge is 0.428 e. The molecule has 0 spiro atoms. The van der Waals surface area contributed by atoms with Crippen LogP contribution in [0.25, 0.3) is 0 Å². The third kappa shape index (κ3) is 18.2. The Bertz CT molecular complexity index is 393. The van der Waals surface area contributed by atoms with E-state index < -0.39 is 11.9 Å². The lowest BCUT2D eigenvalue weighted by Gasteiger charge is -2.05. The molecule has 26 heavy (non-hydrogen) atoms. The molecule has 0 saturated heterocycles. The zero-order chi connectivity index (χ0) is 19.6. The maximum atomic E-state index is 11.3. The quantitative estimate of drug-likeness (QED) is 0.245. The standard InChI is InChI=1S/C18H30O8/c1-15(19)23-13-25-17(21)11-9-7-5-3-4-6-8-10-12-18(22)26-14-24-16(2)20/h3-14H2,1-2H3. The van der Waals surface area contributed by atoms with Gasteiger partial charge >= 0.3 is 23.9 Å². The highest BCUT2D eigenvalue weighted by Crippen LogP contribution is 2.11. The number of carbonyl (C=O) groups is 4. The van der Waals surface area contributed by atoms with Crippen LogP contribution < -0.4 is 0 Å². The van der Waals surface area contributed by atoms with Gasteiger partial charge in [-0.25, -0.2) is 0 Å². The fourth-order valence-corrected chi connectivity index (χ4v) is 2.10. The van der Waals surface area contributed by atoms with Crippen molar-refractivity contribution in [3.8, 4) is 0 Å². The molecule has 0 aliphatic carbocycles. The first kappa shape index (κ1) is 23.9. The highest BCUT2D eigenvalue weighted by atomic mass is 16.7. The van der Waals surface area contributed by atoms with Gasteiger partial charge in [0.25, 0.3) is 0 Å². The SMILES string of the molecule is CC(=O)OCOC(=O)CCCCCCCCCCC(=O)OCOC(C)=O. The summed E-state index contributed by atoms with van der Waals surface area (Å²) in [6.07, 6.45) is 8.33. The molecule has 0 radical (unpaired) electrons. The van der Waals surface area contributed by atoms with Gasteiger partial charge in [0, 0.05) is 26.7 Å². The molecular weight excluding hydrogens is 344 g/mol. The van der Waals surface area contributed by atoms with E-state index in [9.17, 15) is 19.2 Å². The Morgan fingerprint density at radius 1 is 0.500 bits per heavy atom. The summed E-state index contributed by atoms with van der Waals surface area (Å²) in [5, 5.41) is 0. The van der Waals surface area contributed by atoms with Crippen LogP contribution in [0.15, 0.2) is 0 Å². The van der Waals surface area contributed by atoms with Crippen LogP contribution in [0.3, 0.4) is 0 Å². The number of unbranched alkanes of at least 4 members (excludes halogenated alkanes) is 7. The van der Waals surface area contributed by atoms with Crippen LogP contribution >= 0.6 is 0 Å². The van der Waals surface area contributed by atoms with E-state index in [4.69, 9.17) is 9.47 Å². The molecule has 0 aromatic heterocycles. The van der Waals surface area contributed by atoms with E-state index in [-0.39, 0.29) is 25.5 Å². The molecule has 0 atom stereocenters. The summed E-state index contributed by atoms with van der Waals surface area (Å²) in [6.45, 7) is 1.88. The maximum absolute atomic E-state index is 11.3. The van der Waals surface area contributed by atoms with Gasteiger partial charge in [-0.2, -0.15) is 0 Å². The number of rotatable bonds is 15. The molecule has 0 aliphatic heterocycles. The van der Waals surface area contributed by atoms with Gasteiger partial charge in [-0.15, -0.1) is 0 Å². The Labute approximate surface area is 154 Å². The van der Waals surface area contributed by atoms with Crippen molar-refractivity contribution in [1.82, 2.24) is 0 Å². The molecule has 0 aromatic carbocycles. The van der Waals surface area contributed by atoms with E-state index in [1.807, 2.05) is 0 Å². The molecule has 0 heterocycles. The lowest BCUT2D eigenvalue weighted by molar-refractivity contribution is -0.167. The van der Waals surface area contributed by atoms with Crippen molar-refractivity contribution in [3.05, 3.63) is 0 Å². The molecule has 0 bridgehead atoms. The average molecular weight is 374 g/mol. The van der Waals surface area contributed by atoms with Gasteiger partial charge in [0.1, 0.15) is 0 Å². The molecule has 0 rings (SSSR count). The second kappa shape index (κ2) is 16.4. The Hall–Kier alpha value is -2.12. The summed E-state index contributed by atoms with van der Waals surface area (Å²) in [5.41, 5.74) is 0. The summed E-state index contributed by atoms with van der Waals surface area (Å²) in [7, 11) is 0. The van der Waals surface area contributed by atoms with Crippen LogP contribution in [0.2, 0.25) is 0 Å². The predicted molar refractivity (Wildman–Crippen MR) is 91.6 cm³/mol. The van der Waals surface area contributed by atoms with Crippen molar-refractivity contribution in [1.29, 1.82) is 0 Å². The fourth-order valence-electron chi connectivity index (χ4n) is 2.10. The first-order chi connectivity index (χ1) is 12.4. The van der Waals surface area contributed by atoms with Crippen LogP contribution in [0.4, 0.5) is 0 Å². The Morgan fingerprint density at radius 3 is 1.12 bits per heavy atom. The summed E-state index contributed by atoms with van der Waals surface area (Å²) < 4.78 is 18.5. The minimum Gasteiger partial charge on any atom is -0.428 e. The smallest absolute Gasteiger partial charge is 0.308 e. The fraction of sp³-hybridized carbons (Fsp3) is 0.778. The van der Waals surface area contributed by atoms with Crippen LogP contribution in [0.5, 0.6) is 0 Å². The second-order valence-electron chi connectivity index (χ2n) is 5.87. The van der Waals surface area contributed by atoms with Crippen molar-refractivity contribution >= 4 is 23.9 Å². The van der Waals surface area contributed by atoms with Crippen LogP contribution in [-0.2, 0) is 38.1 Å². The molecule has 0 aromatic rings. The highest BCUT2D eigenvalue weighted by molar-refractivity contribution is 5.70. The number of hydrogen-bond donors (Lipinski definition) is 0. The van der Waals surface area contributed by atoms with E-state index in [2.05, 4.69) is 9.47 Å². The molecule has 0 unspecified atom stereocenters. The molecule has 8 nitrogen and oxygen atoms in total. The molecule has 0 amide bonds. The summed E-state index contributed by atoms with van der Waals surface area (Å²) >= 11 is 0. The number of esters is 4. The molecular formula is C18H30O8. The van der Waals surface area contributed by atoms with E-state index in [0.29, 0.717) is 12.8 Å². The van der Waals surface area contributed by atoms with Crippen molar-refractivity contribution in [2.24, 2.45) is 0 Å². The van der Waals surface area contributed by atoms with Crippen molar-refractivity contribution < 1.29 is 38.1 Å². The van der Waals surface area contributed by atoms with Crippen LogP contribution in [0, 0.1) is 0 Å². The maximum Gasteiger partial charge on any atom is 0.308 e. The topological polar surface area (TPSA) is 105 Å². The van der Waals surface area contributed by atoms with Crippen LogP contribution in [-0.4, -0.2) is 37.5 Å². The predicted octanol–water partition coefficient (Wildman–Crippen LogP) is 3.02. The first-order valence-electron chi connectivity index (χ1n) is 8.99. The third-order valence-electron chi connectivity index (χ3n) is 3.48. The zero-order valence-electron chi connectivity index (χ0n) is 15.8. The summed E-state index contributed by atoms with van der Waals surface area (Å²) in [5.74, 6) is -1.66. The normalized spacial score (nSPS) is 10.1. The molecule has 0 saturated carbocycles. The molecule has 8 heteroatoms. The average Bonchev–Trinajstić information content (AvgIpc) is 2.55. The molecule has 0 aliphatic rings. The van der Waals surface area contributed by atoms with Gasteiger partial charge in [-0.3, -0.25) is 19.2 Å². The molecule has 150 valence electrons. The zero-order valence-corrected chi connectivity index (χ0v) is 15.8. The summed E-state index contributed by atoms with van der Waals surface area (Å²) in [6, 6.07) is 0. The number of hydrogen-bond acceptors (Lipinski definition) is 8. The van der Waals surface area contributed by atoms with Crippen molar-refractivity contribution in [2.75, 3.05) is 13.6 Å². The molecule has 0 fully saturated rings. The van der Waals surface area contributed by atoms with Gasteiger partial charge in [0.15, 0.2) is 0 Å². The van der Waals surface area contributed by atoms with E-state index >= 15 is 0 Å². The van der Waals surface area contributed by atoms with Crippen molar-refractivity contribution in [2.45, 2.75) is 78.1 Å². The van der Waals surface area contributed by atoms with E-state index in [1.165, 1.54) is 13.8 Å². The minimum absolute atomic E-state index is 0.314. The van der Waals surface area contributed by atoms with Gasteiger partial charge < -0.3 is 18.9 Å². The Kier molecular flexibility index (Phi) is 15.0.